The average Bonchev–Trinajstić information content (AvgIpc) is 2.26. The first-order chi connectivity index (χ1) is 7.90. The number of amides is 1. The third-order valence-corrected chi connectivity index (χ3v) is 5.89. The highest BCUT2D eigenvalue weighted by Crippen LogP contribution is 2.42. The van der Waals surface area contributed by atoms with Gasteiger partial charge in [0.1, 0.15) is 0 Å². The number of carbonyl (C=O) groups is 1. The molecule has 0 spiro atoms. The first-order valence-electron chi connectivity index (χ1n) is 6.03. The minimum Gasteiger partial charge on any atom is -0.392 e. The number of nitrogens with one attached hydrogen (secondary N) is 1. The van der Waals surface area contributed by atoms with Crippen molar-refractivity contribution in [1.29, 1.82) is 0 Å². The zero-order valence-electron chi connectivity index (χ0n) is 10.8. The van der Waals surface area contributed by atoms with Crippen molar-refractivity contribution in [1.82, 2.24) is 5.32 Å². The van der Waals surface area contributed by atoms with Crippen LogP contribution in [0, 0.1) is 5.41 Å². The second-order valence-corrected chi connectivity index (χ2v) is 6.69. The largest absolute Gasteiger partial charge is 0.392 e. The molecule has 5 heteroatoms. The standard InChI is InChI=1S/C12H22N2OS2/c1-4-11(2,9(13)16)10(15)14-8-12(17-3)6-5-7-12/h4-8H2,1-3H3,(H2,13,16)(H,14,15). The van der Waals surface area contributed by atoms with Crippen molar-refractivity contribution in [2.24, 2.45) is 11.1 Å². The van der Waals surface area contributed by atoms with E-state index in [1.54, 1.807) is 0 Å². The summed E-state index contributed by atoms with van der Waals surface area (Å²) in [5.74, 6) is -0.0344. The summed E-state index contributed by atoms with van der Waals surface area (Å²) < 4.78 is 0.251. The quantitative estimate of drug-likeness (QED) is 0.728. The predicted octanol–water partition coefficient (Wildman–Crippen LogP) is 2.09. The Balaban J connectivity index is 2.57. The molecular weight excluding hydrogens is 252 g/mol. The number of hydrogen-bond donors (Lipinski definition) is 2. The predicted molar refractivity (Wildman–Crippen MR) is 78.3 cm³/mol. The number of nitrogens with two attached hydrogens (primary N) is 1. The van der Waals surface area contributed by atoms with Crippen molar-refractivity contribution >= 4 is 34.9 Å². The van der Waals surface area contributed by atoms with Crippen molar-refractivity contribution in [3.05, 3.63) is 0 Å². The number of carbonyl (C=O) groups excluding carboxylic acids is 1. The molecule has 0 aliphatic heterocycles. The fourth-order valence-electron chi connectivity index (χ4n) is 1.91. The summed E-state index contributed by atoms with van der Waals surface area (Å²) >= 11 is 6.84. The molecule has 17 heavy (non-hydrogen) atoms. The minimum atomic E-state index is -0.710. The van der Waals surface area contributed by atoms with Crippen LogP contribution in [0.2, 0.25) is 0 Å². The third kappa shape index (κ3) is 2.94. The fraction of sp³-hybridized carbons (Fsp3) is 0.833. The molecule has 1 atom stereocenters. The van der Waals surface area contributed by atoms with Crippen molar-refractivity contribution in [2.75, 3.05) is 12.8 Å². The summed E-state index contributed by atoms with van der Waals surface area (Å²) in [5.41, 5.74) is 4.96. The molecular formula is C12H22N2OS2. The maximum Gasteiger partial charge on any atom is 0.232 e. The van der Waals surface area contributed by atoms with E-state index in [9.17, 15) is 4.79 Å². The molecule has 3 nitrogen and oxygen atoms in total. The zero-order chi connectivity index (χ0) is 13.1. The van der Waals surface area contributed by atoms with Gasteiger partial charge in [-0.1, -0.05) is 25.6 Å². The Labute approximate surface area is 113 Å². The number of rotatable bonds is 6. The van der Waals surface area contributed by atoms with Gasteiger partial charge in [0.2, 0.25) is 5.91 Å². The minimum absolute atomic E-state index is 0.0344. The molecule has 1 aliphatic carbocycles. The SMILES string of the molecule is CCC(C)(C(=O)NCC1(SC)CCC1)C(N)=S. The summed E-state index contributed by atoms with van der Waals surface area (Å²) in [6.07, 6.45) is 6.38. The van der Waals surface area contributed by atoms with E-state index >= 15 is 0 Å². The van der Waals surface area contributed by atoms with Gasteiger partial charge in [-0.3, -0.25) is 4.79 Å². The van der Waals surface area contributed by atoms with Crippen LogP contribution < -0.4 is 11.1 Å². The Morgan fingerprint density at radius 2 is 2.18 bits per heavy atom. The molecule has 1 fully saturated rings. The molecule has 1 unspecified atom stereocenters. The Kier molecular flexibility index (Phi) is 4.84. The monoisotopic (exact) mass is 274 g/mol. The van der Waals surface area contributed by atoms with Crippen LogP contribution in [0.5, 0.6) is 0 Å². The van der Waals surface area contributed by atoms with Gasteiger partial charge in [0.05, 0.1) is 10.4 Å². The Morgan fingerprint density at radius 1 is 1.59 bits per heavy atom. The average molecular weight is 274 g/mol. The first kappa shape index (κ1) is 14.8. The van der Waals surface area contributed by atoms with Crippen molar-refractivity contribution in [3.8, 4) is 0 Å². The highest BCUT2D eigenvalue weighted by molar-refractivity contribution is 8.00. The molecule has 0 saturated heterocycles. The number of thioether (sulfide) groups is 1. The van der Waals surface area contributed by atoms with Crippen LogP contribution in [0.15, 0.2) is 0 Å². The molecule has 1 rings (SSSR count). The van der Waals surface area contributed by atoms with Gasteiger partial charge < -0.3 is 11.1 Å². The van der Waals surface area contributed by atoms with Crippen molar-refractivity contribution in [3.63, 3.8) is 0 Å². The van der Waals surface area contributed by atoms with Crippen LogP contribution in [0.25, 0.3) is 0 Å². The highest BCUT2D eigenvalue weighted by Gasteiger charge is 2.39. The zero-order valence-corrected chi connectivity index (χ0v) is 12.5. The Hall–Kier alpha value is -0.290. The number of thiocarbonyl (C=S) groups is 1. The topological polar surface area (TPSA) is 55.1 Å². The van der Waals surface area contributed by atoms with E-state index in [1.165, 1.54) is 19.3 Å². The first-order valence-corrected chi connectivity index (χ1v) is 7.67. The molecule has 98 valence electrons. The molecule has 3 N–H and O–H groups in total. The van der Waals surface area contributed by atoms with Crippen LogP contribution in [-0.2, 0) is 4.79 Å². The van der Waals surface area contributed by atoms with E-state index in [0.717, 1.165) is 6.54 Å². The lowest BCUT2D eigenvalue weighted by molar-refractivity contribution is -0.127. The highest BCUT2D eigenvalue weighted by atomic mass is 32.2. The van der Waals surface area contributed by atoms with Gasteiger partial charge in [-0.05, 0) is 32.4 Å². The number of hydrogen-bond acceptors (Lipinski definition) is 3. The molecule has 1 aliphatic rings. The van der Waals surface area contributed by atoms with Gasteiger partial charge in [0.25, 0.3) is 0 Å². The molecule has 0 aromatic heterocycles. The van der Waals surface area contributed by atoms with Gasteiger partial charge >= 0.3 is 0 Å². The normalized spacial score (nSPS) is 21.1. The van der Waals surface area contributed by atoms with Crippen molar-refractivity contribution < 1.29 is 4.79 Å². The van der Waals surface area contributed by atoms with Gasteiger partial charge in [-0.2, -0.15) is 11.8 Å². The van der Waals surface area contributed by atoms with Gasteiger partial charge in [-0.15, -0.1) is 0 Å². The van der Waals surface area contributed by atoms with Gasteiger partial charge in [-0.25, -0.2) is 0 Å². The van der Waals surface area contributed by atoms with E-state index in [4.69, 9.17) is 18.0 Å². The molecule has 0 aromatic carbocycles. The lowest BCUT2D eigenvalue weighted by atomic mass is 9.82. The Bertz CT molecular complexity index is 310. The second kappa shape index (κ2) is 5.57. The maximum atomic E-state index is 12.2. The summed E-state index contributed by atoms with van der Waals surface area (Å²) in [6.45, 7) is 4.48. The molecule has 0 heterocycles. The summed E-state index contributed by atoms with van der Waals surface area (Å²) in [4.78, 5) is 12.4. The maximum absolute atomic E-state index is 12.2. The van der Waals surface area contributed by atoms with Crippen LogP contribution in [0.4, 0.5) is 0 Å². The van der Waals surface area contributed by atoms with Crippen LogP contribution >= 0.6 is 24.0 Å². The van der Waals surface area contributed by atoms with Gasteiger partial charge in [0.15, 0.2) is 0 Å². The van der Waals surface area contributed by atoms with E-state index in [-0.39, 0.29) is 15.6 Å². The molecule has 0 radical (unpaired) electrons. The lowest BCUT2D eigenvalue weighted by Crippen LogP contribution is -2.52. The van der Waals surface area contributed by atoms with Crippen LogP contribution in [-0.4, -0.2) is 28.4 Å². The summed E-state index contributed by atoms with van der Waals surface area (Å²) in [6, 6.07) is 0. The third-order valence-electron chi connectivity index (χ3n) is 4.02. The van der Waals surface area contributed by atoms with Crippen LogP contribution in [0.1, 0.15) is 39.5 Å². The van der Waals surface area contributed by atoms with E-state index < -0.39 is 5.41 Å². The van der Waals surface area contributed by atoms with Gasteiger partial charge in [0, 0.05) is 11.3 Å². The Morgan fingerprint density at radius 3 is 2.47 bits per heavy atom. The summed E-state index contributed by atoms with van der Waals surface area (Å²) in [7, 11) is 0. The van der Waals surface area contributed by atoms with Crippen molar-refractivity contribution in [2.45, 2.75) is 44.3 Å². The lowest BCUT2D eigenvalue weighted by Gasteiger charge is -2.41. The molecule has 1 amide bonds. The fourth-order valence-corrected chi connectivity index (χ4v) is 3.06. The molecule has 1 saturated carbocycles. The van der Waals surface area contributed by atoms with E-state index in [0.29, 0.717) is 6.42 Å². The molecule has 0 aromatic rings. The second-order valence-electron chi connectivity index (χ2n) is 4.97. The summed E-state index contributed by atoms with van der Waals surface area (Å²) in [5, 5.41) is 3.02. The van der Waals surface area contributed by atoms with Crippen LogP contribution in [0.3, 0.4) is 0 Å². The van der Waals surface area contributed by atoms with E-state index in [1.807, 2.05) is 25.6 Å². The van der Waals surface area contributed by atoms with E-state index in [2.05, 4.69) is 11.6 Å². The molecule has 0 bridgehead atoms. The smallest absolute Gasteiger partial charge is 0.232 e.